The maximum atomic E-state index is 12.9. The quantitative estimate of drug-likeness (QED) is 0.377. The largest absolute Gasteiger partial charge is 0.456 e. The highest BCUT2D eigenvalue weighted by atomic mass is 35.5. The van der Waals surface area contributed by atoms with Crippen molar-refractivity contribution in [2.24, 2.45) is 0 Å². The number of carbonyl (C=O) groups is 1. The summed E-state index contributed by atoms with van der Waals surface area (Å²) in [6, 6.07) is 12.4. The molecular formula is C21H13Cl2N5O2. The fourth-order valence-electron chi connectivity index (χ4n) is 3.23. The standard InChI is InChI=1S/C21H13Cl2N5O2/c22-15-7-18-19(8-16(15)23)28(11-25-18)10-20(29)21-14-4-3-12(6-17(14)26-27-21)30-13-2-1-5-24-9-13/h1-9,11H,10H2,(H,26,27). The summed E-state index contributed by atoms with van der Waals surface area (Å²) in [7, 11) is 0. The van der Waals surface area contributed by atoms with Crippen LogP contribution in [0, 0.1) is 0 Å². The molecule has 0 aliphatic rings. The average molecular weight is 438 g/mol. The molecule has 0 radical (unpaired) electrons. The van der Waals surface area contributed by atoms with Crippen LogP contribution in [0.25, 0.3) is 21.9 Å². The highest BCUT2D eigenvalue weighted by Gasteiger charge is 2.17. The number of rotatable bonds is 5. The van der Waals surface area contributed by atoms with Crippen molar-refractivity contribution < 1.29 is 9.53 Å². The molecule has 3 aromatic heterocycles. The van der Waals surface area contributed by atoms with Crippen LogP contribution in [-0.4, -0.2) is 30.5 Å². The van der Waals surface area contributed by atoms with Crippen LogP contribution in [0.5, 0.6) is 11.5 Å². The Morgan fingerprint density at radius 3 is 2.80 bits per heavy atom. The van der Waals surface area contributed by atoms with Gasteiger partial charge in [-0.3, -0.25) is 14.9 Å². The van der Waals surface area contributed by atoms with E-state index in [1.807, 2.05) is 6.07 Å². The zero-order valence-electron chi connectivity index (χ0n) is 15.3. The summed E-state index contributed by atoms with van der Waals surface area (Å²) >= 11 is 12.1. The number of Topliss-reactive ketones (excluding diaryl/α,β-unsaturated/α-hetero) is 1. The van der Waals surface area contributed by atoms with Gasteiger partial charge >= 0.3 is 0 Å². The van der Waals surface area contributed by atoms with Crippen LogP contribution >= 0.6 is 23.2 Å². The van der Waals surface area contributed by atoms with Gasteiger partial charge in [-0.05, 0) is 36.4 Å². The van der Waals surface area contributed by atoms with E-state index in [0.29, 0.717) is 43.7 Å². The van der Waals surface area contributed by atoms with E-state index in [-0.39, 0.29) is 12.3 Å². The first-order valence-corrected chi connectivity index (χ1v) is 9.73. The van der Waals surface area contributed by atoms with Crippen molar-refractivity contribution in [3.05, 3.63) is 76.9 Å². The third-order valence-electron chi connectivity index (χ3n) is 4.65. The summed E-state index contributed by atoms with van der Waals surface area (Å²) in [6.45, 7) is 0.0718. The van der Waals surface area contributed by atoms with E-state index in [1.54, 1.807) is 59.7 Å². The second-order valence-corrected chi connectivity index (χ2v) is 7.44. The molecule has 0 bridgehead atoms. The van der Waals surface area contributed by atoms with Crippen LogP contribution in [0.1, 0.15) is 10.5 Å². The number of fused-ring (bicyclic) bond motifs is 2. The maximum absolute atomic E-state index is 12.9. The average Bonchev–Trinajstić information content (AvgIpc) is 3.33. The molecule has 0 atom stereocenters. The number of benzene rings is 2. The molecule has 148 valence electrons. The molecule has 9 heteroatoms. The van der Waals surface area contributed by atoms with E-state index in [1.165, 1.54) is 0 Å². The van der Waals surface area contributed by atoms with E-state index in [0.717, 1.165) is 5.52 Å². The number of hydrogen-bond acceptors (Lipinski definition) is 5. The van der Waals surface area contributed by atoms with Gasteiger partial charge in [-0.1, -0.05) is 23.2 Å². The lowest BCUT2D eigenvalue weighted by Crippen LogP contribution is -2.10. The van der Waals surface area contributed by atoms with Gasteiger partial charge in [-0.2, -0.15) is 5.10 Å². The number of nitrogens with one attached hydrogen (secondary N) is 1. The Morgan fingerprint density at radius 2 is 1.97 bits per heavy atom. The summed E-state index contributed by atoms with van der Waals surface area (Å²) in [5, 5.41) is 8.65. The van der Waals surface area contributed by atoms with E-state index >= 15 is 0 Å². The Bertz CT molecular complexity index is 1400. The fourth-order valence-corrected chi connectivity index (χ4v) is 3.54. The minimum Gasteiger partial charge on any atom is -0.456 e. The molecule has 1 N–H and O–H groups in total. The molecule has 5 aromatic rings. The number of carbonyl (C=O) groups excluding carboxylic acids is 1. The third kappa shape index (κ3) is 3.38. The number of ether oxygens (including phenoxy) is 1. The Balaban J connectivity index is 1.42. The number of hydrogen-bond donors (Lipinski definition) is 1. The zero-order valence-corrected chi connectivity index (χ0v) is 16.9. The first-order valence-electron chi connectivity index (χ1n) is 8.97. The molecule has 0 unspecified atom stereocenters. The van der Waals surface area contributed by atoms with E-state index < -0.39 is 0 Å². The molecular weight excluding hydrogens is 425 g/mol. The Kier molecular flexibility index (Phi) is 4.61. The number of nitrogens with zero attached hydrogens (tertiary/aromatic N) is 4. The smallest absolute Gasteiger partial charge is 0.203 e. The molecule has 0 amide bonds. The first kappa shape index (κ1) is 18.6. The van der Waals surface area contributed by atoms with Gasteiger partial charge in [0.25, 0.3) is 0 Å². The van der Waals surface area contributed by atoms with Crippen molar-refractivity contribution in [3.8, 4) is 11.5 Å². The van der Waals surface area contributed by atoms with E-state index in [9.17, 15) is 4.79 Å². The molecule has 0 aliphatic carbocycles. The highest BCUT2D eigenvalue weighted by molar-refractivity contribution is 6.42. The van der Waals surface area contributed by atoms with Crippen LogP contribution in [0.3, 0.4) is 0 Å². The van der Waals surface area contributed by atoms with Gasteiger partial charge in [-0.15, -0.1) is 0 Å². The van der Waals surface area contributed by atoms with Crippen LogP contribution in [0.2, 0.25) is 10.0 Å². The molecule has 0 spiro atoms. The summed E-state index contributed by atoms with van der Waals surface area (Å²) < 4.78 is 7.50. The second-order valence-electron chi connectivity index (χ2n) is 6.62. The number of ketones is 1. The molecule has 2 aromatic carbocycles. The van der Waals surface area contributed by atoms with Crippen molar-refractivity contribution in [2.45, 2.75) is 6.54 Å². The normalized spacial score (nSPS) is 11.3. The van der Waals surface area contributed by atoms with Gasteiger partial charge in [0.05, 0.1) is 45.7 Å². The highest BCUT2D eigenvalue weighted by Crippen LogP contribution is 2.28. The number of imidazole rings is 1. The van der Waals surface area contributed by atoms with Gasteiger partial charge in [-0.25, -0.2) is 4.98 Å². The molecule has 0 aliphatic heterocycles. The third-order valence-corrected chi connectivity index (χ3v) is 5.37. The minimum atomic E-state index is -0.160. The molecule has 5 rings (SSSR count). The summed E-state index contributed by atoms with van der Waals surface area (Å²) in [4.78, 5) is 21.2. The van der Waals surface area contributed by atoms with Crippen LogP contribution in [0.4, 0.5) is 0 Å². The molecule has 0 saturated heterocycles. The van der Waals surface area contributed by atoms with Crippen LogP contribution in [0.15, 0.2) is 61.2 Å². The fraction of sp³-hybridized carbons (Fsp3) is 0.0476. The Labute approximate surface area is 180 Å². The van der Waals surface area contributed by atoms with Crippen molar-refractivity contribution in [2.75, 3.05) is 0 Å². The van der Waals surface area contributed by atoms with Gasteiger partial charge < -0.3 is 9.30 Å². The summed E-state index contributed by atoms with van der Waals surface area (Å²) in [5.41, 5.74) is 2.44. The van der Waals surface area contributed by atoms with Crippen molar-refractivity contribution >= 4 is 50.9 Å². The predicted molar refractivity (Wildman–Crippen MR) is 114 cm³/mol. The summed E-state index contributed by atoms with van der Waals surface area (Å²) in [5.74, 6) is 1.08. The van der Waals surface area contributed by atoms with E-state index in [4.69, 9.17) is 27.9 Å². The lowest BCUT2D eigenvalue weighted by Gasteiger charge is -2.05. The Hall–Kier alpha value is -3.42. The lowest BCUT2D eigenvalue weighted by molar-refractivity contribution is 0.0970. The lowest BCUT2D eigenvalue weighted by atomic mass is 10.1. The minimum absolute atomic E-state index is 0.0718. The number of aromatic amines is 1. The molecule has 0 saturated carbocycles. The van der Waals surface area contributed by atoms with Gasteiger partial charge in [0.2, 0.25) is 5.78 Å². The van der Waals surface area contributed by atoms with Gasteiger partial charge in [0.15, 0.2) is 0 Å². The molecule has 0 fully saturated rings. The zero-order chi connectivity index (χ0) is 20.7. The SMILES string of the molecule is O=C(Cn1cnc2cc(Cl)c(Cl)cc21)c1n[nH]c2cc(Oc3cccnc3)ccc12. The Morgan fingerprint density at radius 1 is 1.10 bits per heavy atom. The number of halogens is 2. The van der Waals surface area contributed by atoms with Crippen molar-refractivity contribution in [3.63, 3.8) is 0 Å². The predicted octanol–water partition coefficient (Wildman–Crippen LogP) is 5.29. The maximum Gasteiger partial charge on any atom is 0.203 e. The number of pyridine rings is 1. The van der Waals surface area contributed by atoms with Crippen LogP contribution in [-0.2, 0) is 6.54 Å². The monoisotopic (exact) mass is 437 g/mol. The number of aromatic nitrogens is 5. The first-order chi connectivity index (χ1) is 14.6. The van der Waals surface area contributed by atoms with Crippen molar-refractivity contribution in [1.82, 2.24) is 24.7 Å². The summed E-state index contributed by atoms with van der Waals surface area (Å²) in [6.07, 6.45) is 4.89. The van der Waals surface area contributed by atoms with Gasteiger partial charge in [0, 0.05) is 17.6 Å². The van der Waals surface area contributed by atoms with Crippen LogP contribution < -0.4 is 4.74 Å². The molecule has 30 heavy (non-hydrogen) atoms. The van der Waals surface area contributed by atoms with Gasteiger partial charge in [0.1, 0.15) is 17.2 Å². The van der Waals surface area contributed by atoms with Crippen molar-refractivity contribution in [1.29, 1.82) is 0 Å². The second kappa shape index (κ2) is 7.44. The van der Waals surface area contributed by atoms with E-state index in [2.05, 4.69) is 20.2 Å². The number of H-pyrrole nitrogens is 1. The molecule has 3 heterocycles. The topological polar surface area (TPSA) is 85.7 Å². The molecule has 7 nitrogen and oxygen atoms in total.